The van der Waals surface area contributed by atoms with Crippen LogP contribution in [0.1, 0.15) is 22.7 Å². The molecule has 0 amide bonds. The van der Waals surface area contributed by atoms with Crippen molar-refractivity contribution in [1.82, 2.24) is 9.99 Å². The Morgan fingerprint density at radius 3 is 2.82 bits per heavy atom. The van der Waals surface area contributed by atoms with Gasteiger partial charge in [0.2, 0.25) is 5.88 Å². The zero-order valence-corrected chi connectivity index (χ0v) is 12.1. The van der Waals surface area contributed by atoms with E-state index >= 15 is 0 Å². The largest absolute Gasteiger partial charge is 0.481 e. The van der Waals surface area contributed by atoms with E-state index in [2.05, 4.69) is 16.2 Å². The van der Waals surface area contributed by atoms with E-state index in [0.29, 0.717) is 5.88 Å². The number of rotatable bonds is 4. The maximum atomic E-state index is 10.6. The Hall–Kier alpha value is -2.95. The maximum Gasteiger partial charge on any atom is 0.212 e. The van der Waals surface area contributed by atoms with Crippen molar-refractivity contribution in [1.29, 1.82) is 0 Å². The van der Waals surface area contributed by atoms with Crippen molar-refractivity contribution in [2.75, 3.05) is 7.11 Å². The van der Waals surface area contributed by atoms with Gasteiger partial charge in [0, 0.05) is 24.0 Å². The topological polar surface area (TPSA) is 54.8 Å². The number of aldehydes is 1. The minimum Gasteiger partial charge on any atom is -0.481 e. The normalized spacial score (nSPS) is 16.6. The molecule has 0 spiro atoms. The van der Waals surface area contributed by atoms with E-state index in [4.69, 9.17) is 4.74 Å². The Morgan fingerprint density at radius 2 is 2.09 bits per heavy atom. The quantitative estimate of drug-likeness (QED) is 0.642. The van der Waals surface area contributed by atoms with Crippen LogP contribution in [0.15, 0.2) is 60.0 Å². The molecule has 2 heterocycles. The number of ether oxygens (including phenoxy) is 1. The average Bonchev–Trinajstić information content (AvgIpc) is 2.59. The molecule has 2 aromatic rings. The Labute approximate surface area is 128 Å². The lowest BCUT2D eigenvalue weighted by Crippen LogP contribution is -2.24. The molecular weight excluding hydrogens is 278 g/mol. The van der Waals surface area contributed by atoms with Crippen molar-refractivity contribution in [3.63, 3.8) is 0 Å². The highest BCUT2D eigenvalue weighted by Crippen LogP contribution is 2.33. The first-order valence-corrected chi connectivity index (χ1v) is 6.86. The molecule has 0 saturated carbocycles. The summed E-state index contributed by atoms with van der Waals surface area (Å²) in [6, 6.07) is 11.7. The van der Waals surface area contributed by atoms with Crippen LogP contribution in [0.25, 0.3) is 0 Å². The summed E-state index contributed by atoms with van der Waals surface area (Å²) < 4.78 is 5.10. The summed E-state index contributed by atoms with van der Waals surface area (Å²) in [4.78, 5) is 14.9. The summed E-state index contributed by atoms with van der Waals surface area (Å²) in [6.07, 6.45) is 7.38. The van der Waals surface area contributed by atoms with Crippen molar-refractivity contribution in [3.05, 3.63) is 71.6 Å². The number of carbonyl (C=O) groups excluding carboxylic acids is 1. The number of aromatic nitrogens is 1. The zero-order chi connectivity index (χ0) is 15.4. The maximum absolute atomic E-state index is 10.6. The summed E-state index contributed by atoms with van der Waals surface area (Å²) in [5.74, 6) is 0.561. The summed E-state index contributed by atoms with van der Waals surface area (Å²) in [7, 11) is 1.58. The van der Waals surface area contributed by atoms with Crippen LogP contribution >= 0.6 is 0 Å². The SMILES string of the molecule is COc1ccc(C2c3ccccc3C=NN2C=CC=O)cn1. The molecule has 22 heavy (non-hydrogen) atoms. The van der Waals surface area contributed by atoms with Crippen LogP contribution in [0.3, 0.4) is 0 Å². The number of allylic oxidation sites excluding steroid dienone is 1. The molecule has 0 radical (unpaired) electrons. The second-order valence-corrected chi connectivity index (χ2v) is 4.77. The van der Waals surface area contributed by atoms with Crippen molar-refractivity contribution in [2.24, 2.45) is 5.10 Å². The van der Waals surface area contributed by atoms with E-state index in [0.717, 1.165) is 23.0 Å². The fourth-order valence-electron chi connectivity index (χ4n) is 2.47. The van der Waals surface area contributed by atoms with Crippen LogP contribution in [-0.4, -0.2) is 29.6 Å². The molecule has 5 nitrogen and oxygen atoms in total. The van der Waals surface area contributed by atoms with E-state index in [1.54, 1.807) is 30.7 Å². The summed E-state index contributed by atoms with van der Waals surface area (Å²) in [6.45, 7) is 0. The van der Waals surface area contributed by atoms with Crippen molar-refractivity contribution in [3.8, 4) is 5.88 Å². The van der Waals surface area contributed by atoms with Gasteiger partial charge in [0.25, 0.3) is 0 Å². The molecular formula is C17H15N3O2. The van der Waals surface area contributed by atoms with Gasteiger partial charge in [0.05, 0.1) is 13.3 Å². The number of benzene rings is 1. The second kappa shape index (κ2) is 6.22. The molecule has 110 valence electrons. The van der Waals surface area contributed by atoms with Gasteiger partial charge in [-0.3, -0.25) is 9.80 Å². The Morgan fingerprint density at radius 1 is 1.23 bits per heavy atom. The summed E-state index contributed by atoms with van der Waals surface area (Å²) in [5, 5.41) is 6.16. The van der Waals surface area contributed by atoms with Crippen molar-refractivity contribution in [2.45, 2.75) is 6.04 Å². The first-order chi connectivity index (χ1) is 10.8. The second-order valence-electron chi connectivity index (χ2n) is 4.77. The molecule has 1 aliphatic heterocycles. The lowest BCUT2D eigenvalue weighted by molar-refractivity contribution is -0.104. The zero-order valence-electron chi connectivity index (χ0n) is 12.1. The van der Waals surface area contributed by atoms with Gasteiger partial charge in [0.1, 0.15) is 12.3 Å². The number of carbonyl (C=O) groups is 1. The van der Waals surface area contributed by atoms with Gasteiger partial charge in [-0.2, -0.15) is 5.10 Å². The van der Waals surface area contributed by atoms with Gasteiger partial charge in [-0.25, -0.2) is 4.98 Å². The van der Waals surface area contributed by atoms with E-state index < -0.39 is 0 Å². The number of fused-ring (bicyclic) bond motifs is 1. The van der Waals surface area contributed by atoms with Gasteiger partial charge in [-0.05, 0) is 23.3 Å². The molecule has 0 saturated heterocycles. The van der Waals surface area contributed by atoms with Crippen molar-refractivity contribution >= 4 is 12.5 Å². The first-order valence-electron chi connectivity index (χ1n) is 6.86. The van der Waals surface area contributed by atoms with Crippen LogP contribution in [0.5, 0.6) is 5.88 Å². The number of hydrazone groups is 1. The fraction of sp³-hybridized carbons (Fsp3) is 0.118. The number of hydrogen-bond donors (Lipinski definition) is 0. The van der Waals surface area contributed by atoms with E-state index in [1.165, 1.54) is 6.08 Å². The number of hydrogen-bond acceptors (Lipinski definition) is 5. The Bertz CT molecular complexity index is 723. The molecule has 1 unspecified atom stereocenters. The number of methoxy groups -OCH3 is 1. The minimum absolute atomic E-state index is 0.129. The van der Waals surface area contributed by atoms with Crippen LogP contribution < -0.4 is 4.74 Å². The smallest absolute Gasteiger partial charge is 0.212 e. The molecule has 0 N–H and O–H groups in total. The van der Waals surface area contributed by atoms with Crippen molar-refractivity contribution < 1.29 is 9.53 Å². The molecule has 5 heteroatoms. The predicted octanol–water partition coefficient (Wildman–Crippen LogP) is 2.54. The summed E-state index contributed by atoms with van der Waals surface area (Å²) >= 11 is 0. The van der Waals surface area contributed by atoms with E-state index in [1.807, 2.05) is 30.3 Å². The number of pyridine rings is 1. The lowest BCUT2D eigenvalue weighted by atomic mass is 9.94. The molecule has 3 rings (SSSR count). The van der Waals surface area contributed by atoms with Gasteiger partial charge in [-0.15, -0.1) is 0 Å². The number of nitrogens with zero attached hydrogens (tertiary/aromatic N) is 3. The molecule has 0 fully saturated rings. The fourth-order valence-corrected chi connectivity index (χ4v) is 2.47. The monoisotopic (exact) mass is 293 g/mol. The highest BCUT2D eigenvalue weighted by Gasteiger charge is 2.25. The average molecular weight is 293 g/mol. The van der Waals surface area contributed by atoms with Gasteiger partial charge < -0.3 is 4.74 Å². The highest BCUT2D eigenvalue weighted by molar-refractivity contribution is 5.83. The van der Waals surface area contributed by atoms with Crippen LogP contribution in [0, 0.1) is 0 Å². The molecule has 1 aliphatic rings. The third-order valence-corrected chi connectivity index (χ3v) is 3.49. The molecule has 1 aromatic carbocycles. The van der Waals surface area contributed by atoms with Gasteiger partial charge >= 0.3 is 0 Å². The standard InChI is InChI=1S/C17H15N3O2/c1-22-16-8-7-14(11-18-16)17-15-6-3-2-5-13(15)12-19-20(17)9-4-10-21/h2-12,17H,1H3. The van der Waals surface area contributed by atoms with E-state index in [-0.39, 0.29) is 6.04 Å². The first kappa shape index (κ1) is 14.0. The lowest BCUT2D eigenvalue weighted by Gasteiger charge is -2.31. The van der Waals surface area contributed by atoms with Crippen LogP contribution in [-0.2, 0) is 4.79 Å². The van der Waals surface area contributed by atoms with Crippen LogP contribution in [0.2, 0.25) is 0 Å². The van der Waals surface area contributed by atoms with Crippen LogP contribution in [0.4, 0.5) is 0 Å². The predicted molar refractivity (Wildman–Crippen MR) is 83.7 cm³/mol. The molecule has 0 bridgehead atoms. The Kier molecular flexibility index (Phi) is 3.96. The summed E-state index contributed by atoms with van der Waals surface area (Å²) in [5.41, 5.74) is 3.14. The highest BCUT2D eigenvalue weighted by atomic mass is 16.5. The third-order valence-electron chi connectivity index (χ3n) is 3.49. The molecule has 0 aliphatic carbocycles. The van der Waals surface area contributed by atoms with E-state index in [9.17, 15) is 4.79 Å². The molecule has 1 atom stereocenters. The van der Waals surface area contributed by atoms with Gasteiger partial charge in [-0.1, -0.05) is 24.3 Å². The Balaban J connectivity index is 2.06. The minimum atomic E-state index is -0.129. The third kappa shape index (κ3) is 2.61. The molecule has 1 aromatic heterocycles. The van der Waals surface area contributed by atoms with Gasteiger partial charge in [0.15, 0.2) is 0 Å².